The fourth-order valence-electron chi connectivity index (χ4n) is 3.11. The van der Waals surface area contributed by atoms with Gasteiger partial charge in [0, 0.05) is 18.4 Å². The molecule has 108 valence electrons. The Morgan fingerprint density at radius 3 is 2.11 bits per heavy atom. The first-order valence-corrected chi connectivity index (χ1v) is 8.54. The SMILES string of the molecule is CCN(CC(C)(C)O)CC1(CBr)CCCCCC1. The van der Waals surface area contributed by atoms with Crippen LogP contribution in [0.1, 0.15) is 59.3 Å². The maximum absolute atomic E-state index is 10.0. The normalized spacial score (nSPS) is 21.0. The highest BCUT2D eigenvalue weighted by atomic mass is 79.9. The van der Waals surface area contributed by atoms with E-state index in [0.717, 1.165) is 25.0 Å². The van der Waals surface area contributed by atoms with Crippen molar-refractivity contribution in [2.45, 2.75) is 64.9 Å². The summed E-state index contributed by atoms with van der Waals surface area (Å²) in [5, 5.41) is 11.1. The Labute approximate surface area is 121 Å². The Kier molecular flexibility index (Phi) is 6.63. The van der Waals surface area contributed by atoms with Crippen LogP contribution in [-0.4, -0.2) is 40.6 Å². The van der Waals surface area contributed by atoms with Crippen LogP contribution < -0.4 is 0 Å². The first kappa shape index (κ1) is 16.5. The molecule has 1 aliphatic carbocycles. The molecule has 3 heteroatoms. The molecule has 0 aromatic carbocycles. The zero-order valence-corrected chi connectivity index (χ0v) is 13.9. The van der Waals surface area contributed by atoms with Gasteiger partial charge in [0.2, 0.25) is 0 Å². The summed E-state index contributed by atoms with van der Waals surface area (Å²) in [7, 11) is 0. The van der Waals surface area contributed by atoms with Gasteiger partial charge >= 0.3 is 0 Å². The summed E-state index contributed by atoms with van der Waals surface area (Å²) in [5.74, 6) is 0. The van der Waals surface area contributed by atoms with Crippen LogP contribution >= 0.6 is 15.9 Å². The third-order valence-electron chi connectivity index (χ3n) is 4.06. The summed E-state index contributed by atoms with van der Waals surface area (Å²) < 4.78 is 0. The molecular weight excluding hydrogens is 290 g/mol. The summed E-state index contributed by atoms with van der Waals surface area (Å²) in [6.45, 7) is 8.94. The first-order valence-electron chi connectivity index (χ1n) is 7.41. The molecule has 2 nitrogen and oxygen atoms in total. The highest BCUT2D eigenvalue weighted by molar-refractivity contribution is 9.09. The van der Waals surface area contributed by atoms with Crippen LogP contribution in [0, 0.1) is 5.41 Å². The van der Waals surface area contributed by atoms with Gasteiger partial charge in [-0.05, 0) is 38.6 Å². The van der Waals surface area contributed by atoms with Crippen LogP contribution in [0.25, 0.3) is 0 Å². The van der Waals surface area contributed by atoms with E-state index in [9.17, 15) is 5.11 Å². The minimum absolute atomic E-state index is 0.428. The van der Waals surface area contributed by atoms with Crippen molar-refractivity contribution >= 4 is 15.9 Å². The van der Waals surface area contributed by atoms with Gasteiger partial charge in [0.1, 0.15) is 0 Å². The predicted octanol–water partition coefficient (Wildman–Crippen LogP) is 3.81. The first-order chi connectivity index (χ1) is 8.41. The van der Waals surface area contributed by atoms with Gasteiger partial charge in [-0.25, -0.2) is 0 Å². The summed E-state index contributed by atoms with van der Waals surface area (Å²) in [6, 6.07) is 0. The monoisotopic (exact) mass is 319 g/mol. The maximum Gasteiger partial charge on any atom is 0.0718 e. The van der Waals surface area contributed by atoms with Crippen LogP contribution in [0.5, 0.6) is 0 Å². The Morgan fingerprint density at radius 2 is 1.72 bits per heavy atom. The van der Waals surface area contributed by atoms with E-state index in [-0.39, 0.29) is 0 Å². The van der Waals surface area contributed by atoms with Crippen molar-refractivity contribution in [2.24, 2.45) is 5.41 Å². The Hall–Kier alpha value is 0.400. The number of halogens is 1. The smallest absolute Gasteiger partial charge is 0.0718 e. The Bertz CT molecular complexity index is 229. The van der Waals surface area contributed by atoms with Crippen molar-refractivity contribution in [3.8, 4) is 0 Å². The van der Waals surface area contributed by atoms with Crippen LogP contribution in [-0.2, 0) is 0 Å². The Morgan fingerprint density at radius 1 is 1.17 bits per heavy atom. The predicted molar refractivity (Wildman–Crippen MR) is 82.3 cm³/mol. The van der Waals surface area contributed by atoms with Crippen molar-refractivity contribution in [1.82, 2.24) is 4.90 Å². The zero-order valence-electron chi connectivity index (χ0n) is 12.3. The van der Waals surface area contributed by atoms with Gasteiger partial charge in [-0.3, -0.25) is 0 Å². The molecule has 18 heavy (non-hydrogen) atoms. The van der Waals surface area contributed by atoms with Gasteiger partial charge in [0.05, 0.1) is 5.60 Å². The van der Waals surface area contributed by atoms with Crippen LogP contribution in [0.15, 0.2) is 0 Å². The zero-order chi connectivity index (χ0) is 13.6. The third-order valence-corrected chi connectivity index (χ3v) is 5.25. The number of likely N-dealkylation sites (N-methyl/N-ethyl adjacent to an activating group) is 1. The maximum atomic E-state index is 10.0. The van der Waals surface area contributed by atoms with E-state index in [1.54, 1.807) is 0 Å². The fourth-order valence-corrected chi connectivity index (χ4v) is 3.85. The van der Waals surface area contributed by atoms with Crippen molar-refractivity contribution in [2.75, 3.05) is 25.0 Å². The van der Waals surface area contributed by atoms with E-state index < -0.39 is 5.60 Å². The van der Waals surface area contributed by atoms with E-state index in [0.29, 0.717) is 5.41 Å². The molecule has 1 N–H and O–H groups in total. The minimum atomic E-state index is -0.589. The fraction of sp³-hybridized carbons (Fsp3) is 1.00. The topological polar surface area (TPSA) is 23.5 Å². The third kappa shape index (κ3) is 5.58. The number of hydrogen-bond acceptors (Lipinski definition) is 2. The van der Waals surface area contributed by atoms with Crippen LogP contribution in [0.3, 0.4) is 0 Å². The molecule has 0 atom stereocenters. The molecule has 0 radical (unpaired) electrons. The van der Waals surface area contributed by atoms with Crippen LogP contribution in [0.4, 0.5) is 0 Å². The average molecular weight is 320 g/mol. The second kappa shape index (κ2) is 7.25. The lowest BCUT2D eigenvalue weighted by molar-refractivity contribution is 0.0225. The largest absolute Gasteiger partial charge is 0.389 e. The van der Waals surface area contributed by atoms with Crippen molar-refractivity contribution < 1.29 is 5.11 Å². The number of alkyl halides is 1. The van der Waals surface area contributed by atoms with Crippen molar-refractivity contribution in [1.29, 1.82) is 0 Å². The number of nitrogens with zero attached hydrogens (tertiary/aromatic N) is 1. The van der Waals surface area contributed by atoms with Gasteiger partial charge in [0.25, 0.3) is 0 Å². The average Bonchev–Trinajstić information content (AvgIpc) is 2.52. The standard InChI is InChI=1S/C15H30BrNO/c1-4-17(12-14(2,3)18)13-15(11-16)9-7-5-6-8-10-15/h18H,4-13H2,1-3H3. The lowest BCUT2D eigenvalue weighted by Gasteiger charge is -2.38. The molecule has 0 spiro atoms. The van der Waals surface area contributed by atoms with Gasteiger partial charge in [-0.15, -0.1) is 0 Å². The highest BCUT2D eigenvalue weighted by Crippen LogP contribution is 2.37. The van der Waals surface area contributed by atoms with Crippen molar-refractivity contribution in [3.05, 3.63) is 0 Å². The molecule has 0 bridgehead atoms. The molecule has 1 aliphatic rings. The molecule has 0 aromatic heterocycles. The summed E-state index contributed by atoms with van der Waals surface area (Å²) in [5.41, 5.74) is -0.161. The van der Waals surface area contributed by atoms with E-state index in [1.807, 2.05) is 13.8 Å². The second-order valence-corrected chi connectivity index (χ2v) is 7.22. The van der Waals surface area contributed by atoms with Gasteiger partial charge in [0.15, 0.2) is 0 Å². The van der Waals surface area contributed by atoms with Gasteiger partial charge in [-0.2, -0.15) is 0 Å². The van der Waals surface area contributed by atoms with Gasteiger partial charge < -0.3 is 10.0 Å². The number of aliphatic hydroxyl groups is 1. The lowest BCUT2D eigenvalue weighted by atomic mass is 9.81. The number of hydrogen-bond donors (Lipinski definition) is 1. The minimum Gasteiger partial charge on any atom is -0.389 e. The quantitative estimate of drug-likeness (QED) is 0.594. The summed E-state index contributed by atoms with van der Waals surface area (Å²) >= 11 is 3.75. The van der Waals surface area contributed by atoms with E-state index in [4.69, 9.17) is 0 Å². The van der Waals surface area contributed by atoms with E-state index in [2.05, 4.69) is 27.8 Å². The molecule has 0 heterocycles. The summed E-state index contributed by atoms with van der Waals surface area (Å²) in [6.07, 6.45) is 8.19. The highest BCUT2D eigenvalue weighted by Gasteiger charge is 2.32. The molecule has 0 aliphatic heterocycles. The molecule has 1 rings (SSSR count). The molecule has 1 fully saturated rings. The molecule has 0 aromatic rings. The van der Waals surface area contributed by atoms with Gasteiger partial charge in [-0.1, -0.05) is 48.5 Å². The summed E-state index contributed by atoms with van der Waals surface area (Å²) in [4.78, 5) is 2.42. The molecular formula is C15H30BrNO. The van der Waals surface area contributed by atoms with Crippen molar-refractivity contribution in [3.63, 3.8) is 0 Å². The molecule has 0 unspecified atom stereocenters. The molecule has 1 saturated carbocycles. The number of rotatable bonds is 6. The van der Waals surface area contributed by atoms with Crippen LogP contribution in [0.2, 0.25) is 0 Å². The lowest BCUT2D eigenvalue weighted by Crippen LogP contribution is -2.45. The molecule has 0 amide bonds. The Balaban J connectivity index is 2.63. The van der Waals surface area contributed by atoms with E-state index >= 15 is 0 Å². The van der Waals surface area contributed by atoms with E-state index in [1.165, 1.54) is 38.5 Å². The second-order valence-electron chi connectivity index (χ2n) is 6.66. The molecule has 0 saturated heterocycles.